The number of hydrogen-bond donors (Lipinski definition) is 3. The molecule has 4 aromatic carbocycles. The number of likely N-dealkylation sites (tertiary alicyclic amines) is 1. The van der Waals surface area contributed by atoms with E-state index >= 15 is 0 Å². The number of hydrogen-bond acceptors (Lipinski definition) is 7. The summed E-state index contributed by atoms with van der Waals surface area (Å²) in [5.74, 6) is -0.467. The molecular weight excluding hydrogens is 639 g/mol. The highest BCUT2D eigenvalue weighted by molar-refractivity contribution is 7.89. The molecule has 49 heavy (non-hydrogen) atoms. The van der Waals surface area contributed by atoms with E-state index in [1.54, 1.807) is 24.3 Å². The van der Waals surface area contributed by atoms with Gasteiger partial charge in [-0.25, -0.2) is 8.42 Å². The highest BCUT2D eigenvalue weighted by Gasteiger charge is 2.33. The molecule has 1 amide bonds. The number of amides is 1. The van der Waals surface area contributed by atoms with Crippen molar-refractivity contribution in [2.24, 2.45) is 0 Å². The summed E-state index contributed by atoms with van der Waals surface area (Å²) in [5.41, 5.74) is 5.00. The van der Waals surface area contributed by atoms with Gasteiger partial charge in [0.05, 0.1) is 23.7 Å². The van der Waals surface area contributed by atoms with Crippen molar-refractivity contribution in [3.8, 4) is 0 Å². The molecule has 2 aliphatic rings. The molecule has 0 aliphatic carbocycles. The Kier molecular flexibility index (Phi) is 11.6. The van der Waals surface area contributed by atoms with Crippen LogP contribution in [-0.4, -0.2) is 56.1 Å². The monoisotopic (exact) mass is 683 g/mol. The fourth-order valence-corrected chi connectivity index (χ4v) is 7.62. The van der Waals surface area contributed by atoms with Crippen LogP contribution in [0, 0.1) is 6.92 Å². The van der Waals surface area contributed by atoms with Crippen molar-refractivity contribution < 1.29 is 27.8 Å². The largest absolute Gasteiger partial charge is 0.392 e. The Morgan fingerprint density at radius 2 is 1.51 bits per heavy atom. The highest BCUT2D eigenvalue weighted by atomic mass is 32.2. The topological polar surface area (TPSA) is 117 Å². The SMILES string of the molecule is Cc1ccc(S(=O)(=O)NC(Cc2ccccc2)C(=O)Nc2ccc(C3OC(CN4CCCCC4)CC(c4ccc(CO)cc4)O3)cc2)cc1. The van der Waals surface area contributed by atoms with E-state index in [2.05, 4.69) is 14.9 Å². The standard InChI is InChI=1S/C39H45N3O6S/c1-28-10-20-35(21-11-28)49(45,46)41-36(24-29-8-4-2-5-9-29)38(44)40-33-18-16-32(17-19-33)39-47-34(26-42-22-6-3-7-23-42)25-37(48-39)31-14-12-30(27-43)13-15-31/h2,4-5,8-21,34,36-37,39,41,43H,3,6-7,22-27H2,1H3,(H,40,44). The number of nitrogens with one attached hydrogen (secondary N) is 2. The quantitative estimate of drug-likeness (QED) is 0.167. The Hall–Kier alpha value is -3.90. The number of rotatable bonds is 12. The second-order valence-electron chi connectivity index (χ2n) is 13.0. The number of aliphatic hydroxyl groups excluding tert-OH is 1. The van der Waals surface area contributed by atoms with Crippen molar-refractivity contribution >= 4 is 21.6 Å². The molecule has 2 aliphatic heterocycles. The third-order valence-corrected chi connectivity index (χ3v) is 10.7. The van der Waals surface area contributed by atoms with Crippen molar-refractivity contribution in [1.29, 1.82) is 0 Å². The minimum atomic E-state index is -3.96. The summed E-state index contributed by atoms with van der Waals surface area (Å²) in [7, 11) is -3.96. The van der Waals surface area contributed by atoms with Crippen LogP contribution >= 0.6 is 0 Å². The molecule has 2 saturated heterocycles. The fraction of sp³-hybridized carbons (Fsp3) is 0.359. The third-order valence-electron chi connectivity index (χ3n) is 9.20. The first-order valence-corrected chi connectivity index (χ1v) is 18.5. The molecule has 0 aromatic heterocycles. The molecule has 6 rings (SSSR count). The maximum Gasteiger partial charge on any atom is 0.242 e. The van der Waals surface area contributed by atoms with Crippen LogP contribution in [0.1, 0.15) is 65.9 Å². The zero-order valence-electron chi connectivity index (χ0n) is 27.8. The van der Waals surface area contributed by atoms with Gasteiger partial charge in [-0.15, -0.1) is 0 Å². The summed E-state index contributed by atoms with van der Waals surface area (Å²) >= 11 is 0. The summed E-state index contributed by atoms with van der Waals surface area (Å²) < 4.78 is 42.3. The second-order valence-corrected chi connectivity index (χ2v) is 14.7. The number of carbonyl (C=O) groups excluding carboxylic acids is 1. The fourth-order valence-electron chi connectivity index (χ4n) is 6.43. The first kappa shape index (κ1) is 34.9. The van der Waals surface area contributed by atoms with Gasteiger partial charge in [0.1, 0.15) is 6.04 Å². The number of sulfonamides is 1. The molecule has 0 bridgehead atoms. The van der Waals surface area contributed by atoms with Crippen LogP contribution in [0.15, 0.2) is 108 Å². The molecule has 0 radical (unpaired) electrons. The lowest BCUT2D eigenvalue weighted by Crippen LogP contribution is -2.45. The van der Waals surface area contributed by atoms with Crippen LogP contribution in [-0.2, 0) is 37.3 Å². The molecule has 4 aromatic rings. The van der Waals surface area contributed by atoms with Gasteiger partial charge in [-0.05, 0) is 80.2 Å². The minimum Gasteiger partial charge on any atom is -0.392 e. The Balaban J connectivity index is 1.17. The normalized spacial score (nSPS) is 20.8. The second kappa shape index (κ2) is 16.2. The molecule has 9 nitrogen and oxygen atoms in total. The Labute approximate surface area is 289 Å². The van der Waals surface area contributed by atoms with Crippen LogP contribution in [0.4, 0.5) is 5.69 Å². The van der Waals surface area contributed by atoms with E-state index < -0.39 is 28.3 Å². The van der Waals surface area contributed by atoms with Gasteiger partial charge in [0.25, 0.3) is 0 Å². The molecular formula is C39H45N3O6S. The lowest BCUT2D eigenvalue weighted by molar-refractivity contribution is -0.253. The Morgan fingerprint density at radius 1 is 0.837 bits per heavy atom. The number of aryl methyl sites for hydroxylation is 1. The summed E-state index contributed by atoms with van der Waals surface area (Å²) in [4.78, 5) is 16.2. The van der Waals surface area contributed by atoms with E-state index in [0.717, 1.165) is 53.9 Å². The Morgan fingerprint density at radius 3 is 2.18 bits per heavy atom. The lowest BCUT2D eigenvalue weighted by Gasteiger charge is -2.39. The Bertz CT molecular complexity index is 1760. The number of carbonyl (C=O) groups is 1. The third kappa shape index (κ3) is 9.42. The van der Waals surface area contributed by atoms with Gasteiger partial charge in [0, 0.05) is 24.2 Å². The van der Waals surface area contributed by atoms with Crippen molar-refractivity contribution in [2.75, 3.05) is 25.0 Å². The first-order valence-electron chi connectivity index (χ1n) is 17.0. The molecule has 3 N–H and O–H groups in total. The minimum absolute atomic E-state index is 0.0103. The number of piperidine rings is 1. The molecule has 2 heterocycles. The van der Waals surface area contributed by atoms with Gasteiger partial charge in [-0.3, -0.25) is 4.79 Å². The zero-order valence-corrected chi connectivity index (χ0v) is 28.6. The molecule has 0 saturated carbocycles. The van der Waals surface area contributed by atoms with Crippen LogP contribution in [0.3, 0.4) is 0 Å². The van der Waals surface area contributed by atoms with Crippen LogP contribution in [0.5, 0.6) is 0 Å². The van der Waals surface area contributed by atoms with Gasteiger partial charge in [0.15, 0.2) is 6.29 Å². The lowest BCUT2D eigenvalue weighted by atomic mass is 9.99. The average Bonchev–Trinajstić information content (AvgIpc) is 3.12. The maximum atomic E-state index is 13.6. The summed E-state index contributed by atoms with van der Waals surface area (Å²) in [5, 5.41) is 12.4. The molecule has 4 unspecified atom stereocenters. The zero-order chi connectivity index (χ0) is 34.2. The molecule has 2 fully saturated rings. The maximum absolute atomic E-state index is 13.6. The predicted molar refractivity (Wildman–Crippen MR) is 189 cm³/mol. The summed E-state index contributed by atoms with van der Waals surface area (Å²) in [6, 6.07) is 30.0. The van der Waals surface area contributed by atoms with Gasteiger partial charge in [-0.1, -0.05) is 90.8 Å². The smallest absolute Gasteiger partial charge is 0.242 e. The van der Waals surface area contributed by atoms with Crippen LogP contribution in [0.2, 0.25) is 0 Å². The van der Waals surface area contributed by atoms with Gasteiger partial charge in [-0.2, -0.15) is 4.72 Å². The van der Waals surface area contributed by atoms with Crippen LogP contribution < -0.4 is 10.0 Å². The van der Waals surface area contributed by atoms with Crippen molar-refractivity contribution in [3.63, 3.8) is 0 Å². The summed E-state index contributed by atoms with van der Waals surface area (Å²) in [6.45, 7) is 4.85. The van der Waals surface area contributed by atoms with E-state index in [4.69, 9.17) is 9.47 Å². The molecule has 0 spiro atoms. The van der Waals surface area contributed by atoms with E-state index in [1.165, 1.54) is 31.4 Å². The molecule has 258 valence electrons. The van der Waals surface area contributed by atoms with Crippen LogP contribution in [0.25, 0.3) is 0 Å². The number of benzene rings is 4. The number of ether oxygens (including phenoxy) is 2. The van der Waals surface area contributed by atoms with E-state index in [-0.39, 0.29) is 30.1 Å². The van der Waals surface area contributed by atoms with Gasteiger partial charge >= 0.3 is 0 Å². The van der Waals surface area contributed by atoms with Crippen molar-refractivity contribution in [3.05, 3.63) is 131 Å². The highest BCUT2D eigenvalue weighted by Crippen LogP contribution is 2.38. The average molecular weight is 684 g/mol. The van der Waals surface area contributed by atoms with Crippen molar-refractivity contribution in [2.45, 2.75) is 75.1 Å². The van der Waals surface area contributed by atoms with E-state index in [1.807, 2.05) is 73.7 Å². The van der Waals surface area contributed by atoms with Gasteiger partial charge < -0.3 is 24.8 Å². The van der Waals surface area contributed by atoms with Gasteiger partial charge in [0.2, 0.25) is 15.9 Å². The van der Waals surface area contributed by atoms with E-state index in [9.17, 15) is 18.3 Å². The molecule has 10 heteroatoms. The number of aliphatic hydroxyl groups is 1. The predicted octanol–water partition coefficient (Wildman–Crippen LogP) is 6.05. The number of nitrogens with zero attached hydrogens (tertiary/aromatic N) is 1. The first-order chi connectivity index (χ1) is 23.8. The number of anilines is 1. The summed E-state index contributed by atoms with van der Waals surface area (Å²) in [6.07, 6.45) is 3.75. The molecule has 4 atom stereocenters. The van der Waals surface area contributed by atoms with E-state index in [0.29, 0.717) is 5.69 Å². The van der Waals surface area contributed by atoms with Crippen molar-refractivity contribution in [1.82, 2.24) is 9.62 Å².